The Morgan fingerprint density at radius 3 is 2.95 bits per heavy atom. The van der Waals surface area contributed by atoms with Gasteiger partial charge in [-0.15, -0.1) is 0 Å². The maximum Gasteiger partial charge on any atom is 0.157 e. The van der Waals surface area contributed by atoms with Gasteiger partial charge in [0, 0.05) is 18.5 Å². The molecule has 0 saturated carbocycles. The number of fused-ring (bicyclic) bond motifs is 3. The third kappa shape index (κ3) is 2.07. The number of halogens is 1. The van der Waals surface area contributed by atoms with Crippen LogP contribution in [-0.4, -0.2) is 26.2 Å². The Morgan fingerprint density at radius 1 is 1.37 bits per heavy atom. The lowest BCUT2D eigenvalue weighted by atomic mass is 10.1. The van der Waals surface area contributed by atoms with Crippen LogP contribution in [0.2, 0.25) is 5.15 Å². The van der Waals surface area contributed by atoms with E-state index in [0.717, 1.165) is 16.4 Å². The number of aliphatic hydroxyl groups excluding tert-OH is 1. The molecule has 0 aliphatic rings. The van der Waals surface area contributed by atoms with Crippen LogP contribution in [0.4, 0.5) is 0 Å². The van der Waals surface area contributed by atoms with Crippen molar-refractivity contribution in [3.63, 3.8) is 0 Å². The number of para-hydroxylation sites is 1. The van der Waals surface area contributed by atoms with E-state index in [1.165, 1.54) is 0 Å². The first-order valence-electron chi connectivity index (χ1n) is 6.20. The Morgan fingerprint density at radius 2 is 2.16 bits per heavy atom. The third-order valence-electron chi connectivity index (χ3n) is 3.23. The number of nitrogens with zero attached hydrogens (tertiary/aromatic N) is 3. The smallest absolute Gasteiger partial charge is 0.157 e. The first kappa shape index (κ1) is 12.4. The summed E-state index contributed by atoms with van der Waals surface area (Å²) in [6.07, 6.45) is 1.76. The maximum absolute atomic E-state index is 9.20. The molecule has 0 saturated heterocycles. The van der Waals surface area contributed by atoms with Crippen molar-refractivity contribution < 1.29 is 5.11 Å². The highest BCUT2D eigenvalue weighted by molar-refractivity contribution is 6.35. The van der Waals surface area contributed by atoms with Crippen molar-refractivity contribution in [1.82, 2.24) is 14.5 Å². The molecule has 2 aromatic heterocycles. The molecule has 19 heavy (non-hydrogen) atoms. The highest BCUT2D eigenvalue weighted by atomic mass is 35.5. The number of rotatable bonds is 3. The molecule has 3 rings (SSSR count). The Kier molecular flexibility index (Phi) is 3.12. The Hall–Kier alpha value is -1.65. The normalized spacial score (nSPS) is 13.2. The van der Waals surface area contributed by atoms with Crippen LogP contribution in [0.3, 0.4) is 0 Å². The lowest BCUT2D eigenvalue weighted by molar-refractivity contribution is 0.224. The van der Waals surface area contributed by atoms with Crippen LogP contribution < -0.4 is 0 Å². The van der Waals surface area contributed by atoms with Gasteiger partial charge in [0.1, 0.15) is 5.52 Å². The largest absolute Gasteiger partial charge is 0.396 e. The SMILES string of the molecule is CC(CO)Cn1cnc2c(Cl)nc3ccccc3c21. The van der Waals surface area contributed by atoms with Gasteiger partial charge in [0.05, 0.1) is 17.4 Å². The number of aromatic nitrogens is 3. The summed E-state index contributed by atoms with van der Waals surface area (Å²) in [5, 5.41) is 10.7. The molecule has 98 valence electrons. The quantitative estimate of drug-likeness (QED) is 0.748. The Balaban J connectivity index is 2.30. The summed E-state index contributed by atoms with van der Waals surface area (Å²) in [6.45, 7) is 2.85. The molecular weight excluding hydrogens is 262 g/mol. The third-order valence-corrected chi connectivity index (χ3v) is 3.49. The zero-order valence-corrected chi connectivity index (χ0v) is 11.3. The van der Waals surface area contributed by atoms with Gasteiger partial charge in [-0.1, -0.05) is 36.7 Å². The number of benzene rings is 1. The van der Waals surface area contributed by atoms with E-state index in [1.807, 2.05) is 35.8 Å². The second kappa shape index (κ2) is 4.79. The summed E-state index contributed by atoms with van der Waals surface area (Å²) >= 11 is 6.18. The molecule has 0 radical (unpaired) electrons. The second-order valence-electron chi connectivity index (χ2n) is 4.80. The molecule has 1 N–H and O–H groups in total. The zero-order valence-electron chi connectivity index (χ0n) is 10.5. The molecule has 0 aliphatic heterocycles. The van der Waals surface area contributed by atoms with Gasteiger partial charge in [0.25, 0.3) is 0 Å². The van der Waals surface area contributed by atoms with E-state index in [0.29, 0.717) is 17.2 Å². The highest BCUT2D eigenvalue weighted by Gasteiger charge is 2.13. The molecule has 0 spiro atoms. The van der Waals surface area contributed by atoms with Crippen LogP contribution in [-0.2, 0) is 6.54 Å². The van der Waals surface area contributed by atoms with Gasteiger partial charge in [0.15, 0.2) is 5.15 Å². The molecule has 3 aromatic rings. The second-order valence-corrected chi connectivity index (χ2v) is 5.16. The number of aliphatic hydroxyl groups is 1. The molecule has 1 atom stereocenters. The first-order chi connectivity index (χ1) is 9.20. The number of hydrogen-bond donors (Lipinski definition) is 1. The van der Waals surface area contributed by atoms with Crippen molar-refractivity contribution in [2.45, 2.75) is 13.5 Å². The molecule has 0 aliphatic carbocycles. The fraction of sp³-hybridized carbons (Fsp3) is 0.286. The van der Waals surface area contributed by atoms with Gasteiger partial charge in [-0.2, -0.15) is 0 Å². The molecule has 2 heterocycles. The van der Waals surface area contributed by atoms with E-state index < -0.39 is 0 Å². The van der Waals surface area contributed by atoms with E-state index in [4.69, 9.17) is 11.6 Å². The van der Waals surface area contributed by atoms with E-state index >= 15 is 0 Å². The summed E-state index contributed by atoms with van der Waals surface area (Å²) < 4.78 is 2.03. The van der Waals surface area contributed by atoms with Crippen LogP contribution in [0.25, 0.3) is 21.9 Å². The van der Waals surface area contributed by atoms with E-state index in [9.17, 15) is 5.11 Å². The molecule has 5 heteroatoms. The lowest BCUT2D eigenvalue weighted by Crippen LogP contribution is -2.10. The highest BCUT2D eigenvalue weighted by Crippen LogP contribution is 2.28. The summed E-state index contributed by atoms with van der Waals surface area (Å²) in [4.78, 5) is 8.70. The maximum atomic E-state index is 9.20. The minimum atomic E-state index is 0.149. The van der Waals surface area contributed by atoms with Gasteiger partial charge in [-0.05, 0) is 12.0 Å². The zero-order chi connectivity index (χ0) is 13.4. The van der Waals surface area contributed by atoms with Crippen LogP contribution >= 0.6 is 11.6 Å². The van der Waals surface area contributed by atoms with Gasteiger partial charge in [-0.3, -0.25) is 0 Å². The molecule has 1 aromatic carbocycles. The van der Waals surface area contributed by atoms with E-state index in [1.54, 1.807) is 6.33 Å². The fourth-order valence-corrected chi connectivity index (χ4v) is 2.51. The number of imidazole rings is 1. The lowest BCUT2D eigenvalue weighted by Gasteiger charge is -2.11. The molecular formula is C14H14ClN3O. The average molecular weight is 276 g/mol. The van der Waals surface area contributed by atoms with Crippen molar-refractivity contribution in [1.29, 1.82) is 0 Å². The van der Waals surface area contributed by atoms with Crippen molar-refractivity contribution in [2.75, 3.05) is 6.61 Å². The van der Waals surface area contributed by atoms with Crippen LogP contribution in [0, 0.1) is 5.92 Å². The minimum Gasteiger partial charge on any atom is -0.396 e. The van der Waals surface area contributed by atoms with Crippen molar-refractivity contribution in [2.24, 2.45) is 5.92 Å². The van der Waals surface area contributed by atoms with Crippen molar-refractivity contribution >= 4 is 33.5 Å². The Labute approximate surface area is 115 Å². The van der Waals surface area contributed by atoms with E-state index in [-0.39, 0.29) is 12.5 Å². The summed E-state index contributed by atoms with van der Waals surface area (Å²) in [5.41, 5.74) is 2.56. The summed E-state index contributed by atoms with van der Waals surface area (Å²) in [6, 6.07) is 7.87. The van der Waals surface area contributed by atoms with Crippen molar-refractivity contribution in [3.05, 3.63) is 35.7 Å². The van der Waals surface area contributed by atoms with E-state index in [2.05, 4.69) is 9.97 Å². The monoisotopic (exact) mass is 275 g/mol. The average Bonchev–Trinajstić information content (AvgIpc) is 2.83. The Bertz CT molecular complexity index is 738. The first-order valence-corrected chi connectivity index (χ1v) is 6.58. The van der Waals surface area contributed by atoms with Gasteiger partial charge in [-0.25, -0.2) is 9.97 Å². The summed E-state index contributed by atoms with van der Waals surface area (Å²) in [5.74, 6) is 0.170. The molecule has 1 unspecified atom stereocenters. The molecule has 0 amide bonds. The van der Waals surface area contributed by atoms with Crippen molar-refractivity contribution in [3.8, 4) is 0 Å². The predicted molar refractivity (Wildman–Crippen MR) is 76.3 cm³/mol. The summed E-state index contributed by atoms with van der Waals surface area (Å²) in [7, 11) is 0. The minimum absolute atomic E-state index is 0.149. The van der Waals surface area contributed by atoms with Gasteiger partial charge < -0.3 is 9.67 Å². The standard InChI is InChI=1S/C14H14ClN3O/c1-9(7-19)6-18-8-16-12-13(18)10-4-2-3-5-11(10)17-14(12)15/h2-5,8-9,19H,6-7H2,1H3. The topological polar surface area (TPSA) is 50.9 Å². The van der Waals surface area contributed by atoms with Crippen LogP contribution in [0.5, 0.6) is 0 Å². The molecule has 0 fully saturated rings. The predicted octanol–water partition coefficient (Wildman–Crippen LogP) is 2.87. The number of pyridine rings is 1. The van der Waals surface area contributed by atoms with Gasteiger partial charge in [0.2, 0.25) is 0 Å². The fourth-order valence-electron chi connectivity index (χ4n) is 2.28. The van der Waals surface area contributed by atoms with Crippen LogP contribution in [0.15, 0.2) is 30.6 Å². The molecule has 0 bridgehead atoms. The van der Waals surface area contributed by atoms with Crippen LogP contribution in [0.1, 0.15) is 6.92 Å². The number of hydrogen-bond acceptors (Lipinski definition) is 3. The van der Waals surface area contributed by atoms with Gasteiger partial charge >= 0.3 is 0 Å². The molecule has 4 nitrogen and oxygen atoms in total.